The van der Waals surface area contributed by atoms with E-state index in [0.29, 0.717) is 24.5 Å². The number of ether oxygens (including phenoxy) is 2. The van der Waals surface area contributed by atoms with E-state index in [1.165, 1.54) is 58.8 Å². The average molecular weight is 772 g/mol. The van der Waals surface area contributed by atoms with Crippen molar-refractivity contribution in [3.63, 3.8) is 0 Å². The van der Waals surface area contributed by atoms with Crippen molar-refractivity contribution in [1.29, 1.82) is 0 Å². The molecule has 6 nitrogen and oxygen atoms in total. The summed E-state index contributed by atoms with van der Waals surface area (Å²) in [6.07, 6.45) is 11.5. The number of benzene rings is 2. The fraction of sp³-hybridized carbons (Fsp3) is 0.639. The summed E-state index contributed by atoms with van der Waals surface area (Å²) < 4.78 is 13.5. The van der Waals surface area contributed by atoms with Gasteiger partial charge in [-0.2, -0.15) is 0 Å². The highest BCUT2D eigenvalue weighted by atomic mass is 79.9. The molecule has 2 aliphatic carbocycles. The molecule has 2 saturated heterocycles. The zero-order valence-electron chi connectivity index (χ0n) is 27.5. The molecular weight excluding hydrogens is 718 g/mol. The van der Waals surface area contributed by atoms with Crippen molar-refractivity contribution in [3.8, 4) is 0 Å². The van der Waals surface area contributed by atoms with Gasteiger partial charge in [-0.05, 0) is 119 Å². The summed E-state index contributed by atoms with van der Waals surface area (Å²) in [6, 6.07) is 13.3. The van der Waals surface area contributed by atoms with Crippen molar-refractivity contribution in [2.24, 2.45) is 5.73 Å². The third-order valence-electron chi connectivity index (χ3n) is 8.80. The van der Waals surface area contributed by atoms with Crippen LogP contribution in [-0.4, -0.2) is 61.4 Å². The van der Waals surface area contributed by atoms with Crippen LogP contribution >= 0.6 is 44.3 Å². The number of nitrogens with two attached hydrogens (primary N) is 1. The van der Waals surface area contributed by atoms with Gasteiger partial charge in [0, 0.05) is 47.6 Å². The van der Waals surface area contributed by atoms with E-state index in [1.54, 1.807) is 0 Å². The summed E-state index contributed by atoms with van der Waals surface area (Å²) in [7, 11) is 0. The van der Waals surface area contributed by atoms with Crippen LogP contribution in [0.3, 0.4) is 0 Å². The standard InChI is InChI=1S/C19H26BrNO2.C11H14BrN.C6H13NO.ClH/c1-13(2)23-17-11-21(12-17)19(22)10-15-6-4-3-5-14-9-16(20)7-8-18(14)15;12-9-5-6-10-8(7-9)3-1-2-4-11(10)13;1-5(2)8-6-3-7-4-6;/h7-9,13,15,17H,3-6,10-12H2,1-2H3;5-7,11H,1-4,13H2;5-7H,3-4H2,1-2H3;1H. The number of fused-ring (bicyclic) bond motifs is 2. The maximum Gasteiger partial charge on any atom is 0.223 e. The molecule has 2 aliphatic heterocycles. The van der Waals surface area contributed by atoms with E-state index in [2.05, 4.69) is 87.4 Å². The zero-order chi connectivity index (χ0) is 31.6. The van der Waals surface area contributed by atoms with Crippen LogP contribution in [-0.2, 0) is 27.1 Å². The van der Waals surface area contributed by atoms with Crippen LogP contribution in [0.1, 0.15) is 107 Å². The second-order valence-corrected chi connectivity index (χ2v) is 15.1. The van der Waals surface area contributed by atoms with Gasteiger partial charge in [0.15, 0.2) is 0 Å². The molecule has 2 fully saturated rings. The van der Waals surface area contributed by atoms with Crippen molar-refractivity contribution in [2.75, 3.05) is 26.2 Å². The molecule has 0 saturated carbocycles. The molecule has 1 amide bonds. The minimum atomic E-state index is 0. The van der Waals surface area contributed by atoms with Crippen LogP contribution in [0, 0.1) is 0 Å². The quantitative estimate of drug-likeness (QED) is 0.290. The van der Waals surface area contributed by atoms with Gasteiger partial charge in [0.25, 0.3) is 0 Å². The summed E-state index contributed by atoms with van der Waals surface area (Å²) in [5.74, 6) is 0.660. The maximum absolute atomic E-state index is 12.6. The number of nitrogens with zero attached hydrogens (tertiary/aromatic N) is 1. The first kappa shape index (κ1) is 38.4. The summed E-state index contributed by atoms with van der Waals surface area (Å²) in [4.78, 5) is 14.5. The van der Waals surface area contributed by atoms with E-state index in [0.717, 1.165) is 49.9 Å². The van der Waals surface area contributed by atoms with Gasteiger partial charge in [0.05, 0.1) is 24.4 Å². The second kappa shape index (κ2) is 19.1. The van der Waals surface area contributed by atoms with Gasteiger partial charge in [-0.25, -0.2) is 0 Å². The molecule has 45 heavy (non-hydrogen) atoms. The second-order valence-electron chi connectivity index (χ2n) is 13.3. The number of carbonyl (C=O) groups excluding carboxylic acids is 1. The van der Waals surface area contributed by atoms with Crippen LogP contribution in [0.2, 0.25) is 0 Å². The molecule has 2 unspecified atom stereocenters. The first-order valence-corrected chi connectivity index (χ1v) is 18.3. The van der Waals surface area contributed by atoms with Crippen molar-refractivity contribution < 1.29 is 14.3 Å². The molecule has 252 valence electrons. The lowest BCUT2D eigenvalue weighted by molar-refractivity contribution is -0.148. The fourth-order valence-corrected chi connectivity index (χ4v) is 7.26. The predicted octanol–water partition coefficient (Wildman–Crippen LogP) is 8.27. The van der Waals surface area contributed by atoms with Crippen LogP contribution < -0.4 is 11.1 Å². The summed E-state index contributed by atoms with van der Waals surface area (Å²) >= 11 is 7.06. The highest BCUT2D eigenvalue weighted by Gasteiger charge is 2.33. The van der Waals surface area contributed by atoms with E-state index in [9.17, 15) is 4.79 Å². The zero-order valence-corrected chi connectivity index (χ0v) is 31.5. The smallest absolute Gasteiger partial charge is 0.223 e. The van der Waals surface area contributed by atoms with Crippen LogP contribution in [0.4, 0.5) is 0 Å². The fourth-order valence-electron chi connectivity index (χ4n) is 6.45. The Morgan fingerprint density at radius 3 is 1.91 bits per heavy atom. The van der Waals surface area contributed by atoms with Gasteiger partial charge < -0.3 is 25.4 Å². The summed E-state index contributed by atoms with van der Waals surface area (Å²) in [6.45, 7) is 11.8. The maximum atomic E-state index is 12.6. The summed E-state index contributed by atoms with van der Waals surface area (Å²) in [5.41, 5.74) is 11.7. The Kier molecular flexibility index (Phi) is 16.3. The lowest BCUT2D eigenvalue weighted by Gasteiger charge is -2.40. The molecular formula is C36H54Br2ClN3O3. The number of carbonyl (C=O) groups is 1. The first-order chi connectivity index (χ1) is 21.1. The third kappa shape index (κ3) is 12.2. The molecule has 2 aromatic carbocycles. The Morgan fingerprint density at radius 2 is 1.38 bits per heavy atom. The molecule has 2 heterocycles. The van der Waals surface area contributed by atoms with E-state index in [1.807, 2.05) is 18.7 Å². The number of rotatable bonds is 6. The topological polar surface area (TPSA) is 76.8 Å². The number of amides is 1. The third-order valence-corrected chi connectivity index (χ3v) is 9.79. The summed E-state index contributed by atoms with van der Waals surface area (Å²) in [5, 5.41) is 3.14. The number of aryl methyl sites for hydroxylation is 2. The first-order valence-electron chi connectivity index (χ1n) is 16.7. The van der Waals surface area contributed by atoms with Gasteiger partial charge in [-0.15, -0.1) is 12.4 Å². The highest BCUT2D eigenvalue weighted by Crippen LogP contribution is 2.35. The van der Waals surface area contributed by atoms with Crippen molar-refractivity contribution >= 4 is 50.2 Å². The van der Waals surface area contributed by atoms with Crippen molar-refractivity contribution in [2.45, 2.75) is 122 Å². The normalized spacial score (nSPS) is 21.3. The Morgan fingerprint density at radius 1 is 0.844 bits per heavy atom. The number of halogens is 3. The molecule has 4 aliphatic rings. The van der Waals surface area contributed by atoms with Crippen molar-refractivity contribution in [3.05, 3.63) is 67.6 Å². The Labute approximate surface area is 294 Å². The molecule has 2 atom stereocenters. The van der Waals surface area contributed by atoms with E-state index >= 15 is 0 Å². The van der Waals surface area contributed by atoms with Gasteiger partial charge >= 0.3 is 0 Å². The van der Waals surface area contributed by atoms with Crippen LogP contribution in [0.25, 0.3) is 0 Å². The molecule has 6 rings (SSSR count). The lowest BCUT2D eigenvalue weighted by Crippen LogP contribution is -2.55. The van der Waals surface area contributed by atoms with Crippen molar-refractivity contribution in [1.82, 2.24) is 10.2 Å². The molecule has 3 N–H and O–H groups in total. The van der Waals surface area contributed by atoms with E-state index in [-0.39, 0.29) is 36.6 Å². The molecule has 2 aromatic rings. The minimum absolute atomic E-state index is 0. The highest BCUT2D eigenvalue weighted by molar-refractivity contribution is 9.10. The van der Waals surface area contributed by atoms with Gasteiger partial charge in [-0.1, -0.05) is 56.8 Å². The number of hydrogen-bond acceptors (Lipinski definition) is 5. The Balaban J connectivity index is 0.000000210. The van der Waals surface area contributed by atoms with E-state index < -0.39 is 0 Å². The molecule has 0 aromatic heterocycles. The molecule has 0 spiro atoms. The monoisotopic (exact) mass is 769 g/mol. The lowest BCUT2D eigenvalue weighted by atomic mass is 9.89. The van der Waals surface area contributed by atoms with Crippen LogP contribution in [0.5, 0.6) is 0 Å². The largest absolute Gasteiger partial charge is 0.373 e. The Bertz CT molecular complexity index is 1200. The number of likely N-dealkylation sites (tertiary alicyclic amines) is 1. The number of hydrogen-bond donors (Lipinski definition) is 2. The van der Waals surface area contributed by atoms with E-state index in [4.69, 9.17) is 15.2 Å². The Hall–Kier alpha value is -1.00. The predicted molar refractivity (Wildman–Crippen MR) is 194 cm³/mol. The molecule has 9 heteroatoms. The van der Waals surface area contributed by atoms with Crippen LogP contribution in [0.15, 0.2) is 45.3 Å². The average Bonchev–Trinajstić information content (AvgIpc) is 3.23. The minimum Gasteiger partial charge on any atom is -0.373 e. The molecule has 0 bridgehead atoms. The van der Waals surface area contributed by atoms with Gasteiger partial charge in [0.1, 0.15) is 0 Å². The molecule has 0 radical (unpaired) electrons. The SMILES string of the molecule is CC(C)OC1CN(C(=O)CC2CCCCc3cc(Br)ccc32)C1.CC(C)OC1CNC1.Cl.NC1CCCCc2cc(Br)ccc21. The van der Waals surface area contributed by atoms with Gasteiger partial charge in [0.2, 0.25) is 5.91 Å². The van der Waals surface area contributed by atoms with Gasteiger partial charge in [-0.3, -0.25) is 4.79 Å². The number of nitrogens with one attached hydrogen (secondary N) is 1.